The second-order valence-corrected chi connectivity index (χ2v) is 7.58. The predicted octanol–water partition coefficient (Wildman–Crippen LogP) is 3.96. The van der Waals surface area contributed by atoms with Gasteiger partial charge >= 0.3 is 0 Å². The Hall–Kier alpha value is -2.24. The Bertz CT molecular complexity index is 828. The van der Waals surface area contributed by atoms with Gasteiger partial charge in [0.2, 0.25) is 5.91 Å². The number of hydrogen-bond donors (Lipinski definition) is 2. The fourth-order valence-corrected chi connectivity index (χ4v) is 3.92. The van der Waals surface area contributed by atoms with E-state index in [1.165, 1.54) is 11.1 Å². The highest BCUT2D eigenvalue weighted by molar-refractivity contribution is 5.85. The molecule has 3 N–H and O–H groups in total. The molecule has 1 amide bonds. The number of carbonyl (C=O) groups excluding carboxylic acids is 1. The maximum atomic E-state index is 12.9. The molecule has 0 aliphatic heterocycles. The van der Waals surface area contributed by atoms with E-state index < -0.39 is 0 Å². The van der Waals surface area contributed by atoms with Gasteiger partial charge in [0.05, 0.1) is 20.3 Å². The van der Waals surface area contributed by atoms with Gasteiger partial charge in [-0.15, -0.1) is 12.4 Å². The molecule has 5 nitrogen and oxygen atoms in total. The molecule has 1 fully saturated rings. The summed E-state index contributed by atoms with van der Waals surface area (Å²) in [5, 5.41) is 3.27. The summed E-state index contributed by atoms with van der Waals surface area (Å²) in [5.41, 5.74) is 9.43. The van der Waals surface area contributed by atoms with E-state index in [-0.39, 0.29) is 36.3 Å². The average molecular weight is 419 g/mol. The van der Waals surface area contributed by atoms with Crippen LogP contribution in [0.2, 0.25) is 0 Å². The van der Waals surface area contributed by atoms with Crippen LogP contribution in [0.1, 0.15) is 42.0 Å². The van der Waals surface area contributed by atoms with E-state index in [1.54, 1.807) is 14.2 Å². The molecule has 3 atom stereocenters. The number of methoxy groups -OCH3 is 2. The topological polar surface area (TPSA) is 73.6 Å². The van der Waals surface area contributed by atoms with E-state index in [1.807, 2.05) is 30.3 Å². The zero-order valence-electron chi connectivity index (χ0n) is 17.3. The third-order valence-corrected chi connectivity index (χ3v) is 5.66. The van der Waals surface area contributed by atoms with Crippen molar-refractivity contribution in [3.8, 4) is 11.5 Å². The summed E-state index contributed by atoms with van der Waals surface area (Å²) in [5.74, 6) is 1.41. The SMILES string of the molecule is COc1ccc(C(Cc2ccccc2C)NC(=O)C2CCC(N)C2)cc1OC.Cl. The number of hydrogen-bond acceptors (Lipinski definition) is 4. The fourth-order valence-electron chi connectivity index (χ4n) is 3.92. The first-order chi connectivity index (χ1) is 13.5. The van der Waals surface area contributed by atoms with Gasteiger partial charge in [-0.05, 0) is 61.4 Å². The van der Waals surface area contributed by atoms with Gasteiger partial charge in [0.1, 0.15) is 0 Å². The molecule has 0 heterocycles. The van der Waals surface area contributed by atoms with Gasteiger partial charge in [-0.1, -0.05) is 30.3 Å². The van der Waals surface area contributed by atoms with Crippen molar-refractivity contribution in [3.63, 3.8) is 0 Å². The van der Waals surface area contributed by atoms with Crippen LogP contribution in [-0.2, 0) is 11.2 Å². The molecule has 3 rings (SSSR count). The lowest BCUT2D eigenvalue weighted by Crippen LogP contribution is -2.35. The van der Waals surface area contributed by atoms with Gasteiger partial charge in [0.25, 0.3) is 0 Å². The van der Waals surface area contributed by atoms with Crippen molar-refractivity contribution in [2.45, 2.75) is 44.7 Å². The standard InChI is InChI=1S/C23H30N2O3.ClH/c1-15-6-4-5-7-16(15)13-20(25-23(26)18-8-10-19(24)12-18)17-9-11-21(27-2)22(14-17)28-3;/h4-7,9,11,14,18-20H,8,10,12-13,24H2,1-3H3,(H,25,26);1H. The van der Waals surface area contributed by atoms with Crippen LogP contribution in [-0.4, -0.2) is 26.2 Å². The molecule has 158 valence electrons. The smallest absolute Gasteiger partial charge is 0.223 e. The van der Waals surface area contributed by atoms with Crippen LogP contribution in [0.25, 0.3) is 0 Å². The molecule has 1 saturated carbocycles. The first-order valence-electron chi connectivity index (χ1n) is 9.84. The number of amides is 1. The predicted molar refractivity (Wildman–Crippen MR) is 118 cm³/mol. The molecular weight excluding hydrogens is 388 g/mol. The van der Waals surface area contributed by atoms with E-state index in [0.29, 0.717) is 17.9 Å². The van der Waals surface area contributed by atoms with Gasteiger partial charge < -0.3 is 20.5 Å². The molecule has 0 saturated heterocycles. The molecule has 3 unspecified atom stereocenters. The second kappa shape index (κ2) is 10.5. The van der Waals surface area contributed by atoms with Crippen molar-refractivity contribution in [3.05, 3.63) is 59.2 Å². The Morgan fingerprint density at radius 1 is 1.14 bits per heavy atom. The summed E-state index contributed by atoms with van der Waals surface area (Å²) in [4.78, 5) is 12.9. The van der Waals surface area contributed by atoms with Gasteiger partial charge in [-0.3, -0.25) is 4.79 Å². The zero-order valence-corrected chi connectivity index (χ0v) is 18.1. The highest BCUT2D eigenvalue weighted by Gasteiger charge is 2.29. The highest BCUT2D eigenvalue weighted by Crippen LogP contribution is 2.32. The maximum Gasteiger partial charge on any atom is 0.223 e. The summed E-state index contributed by atoms with van der Waals surface area (Å²) in [6.07, 6.45) is 3.24. The number of carbonyl (C=O) groups is 1. The van der Waals surface area contributed by atoms with Crippen LogP contribution in [0.5, 0.6) is 11.5 Å². The molecule has 0 radical (unpaired) electrons. The Morgan fingerprint density at radius 3 is 2.48 bits per heavy atom. The van der Waals surface area contributed by atoms with Gasteiger partial charge in [0, 0.05) is 12.0 Å². The first-order valence-corrected chi connectivity index (χ1v) is 9.84. The third kappa shape index (κ3) is 5.64. The molecule has 0 spiro atoms. The lowest BCUT2D eigenvalue weighted by molar-refractivity contribution is -0.125. The van der Waals surface area contributed by atoms with Gasteiger partial charge in [-0.2, -0.15) is 0 Å². The number of nitrogens with two attached hydrogens (primary N) is 1. The number of rotatable bonds is 7. The minimum Gasteiger partial charge on any atom is -0.493 e. The summed E-state index contributed by atoms with van der Waals surface area (Å²) in [7, 11) is 3.24. The van der Waals surface area contributed by atoms with Crippen molar-refractivity contribution in [2.75, 3.05) is 14.2 Å². The quantitative estimate of drug-likeness (QED) is 0.713. The summed E-state index contributed by atoms with van der Waals surface area (Å²) < 4.78 is 10.8. The Morgan fingerprint density at radius 2 is 1.86 bits per heavy atom. The minimum atomic E-state index is -0.148. The van der Waals surface area contributed by atoms with Crippen molar-refractivity contribution < 1.29 is 14.3 Å². The molecule has 29 heavy (non-hydrogen) atoms. The minimum absolute atomic E-state index is 0. The summed E-state index contributed by atoms with van der Waals surface area (Å²) in [6.45, 7) is 2.10. The fraction of sp³-hybridized carbons (Fsp3) is 0.435. The number of aryl methyl sites for hydroxylation is 1. The third-order valence-electron chi connectivity index (χ3n) is 5.66. The Balaban J connectivity index is 0.00000300. The molecule has 0 bridgehead atoms. The lowest BCUT2D eigenvalue weighted by atomic mass is 9.95. The van der Waals surface area contributed by atoms with E-state index in [0.717, 1.165) is 24.8 Å². The molecule has 0 aromatic heterocycles. The van der Waals surface area contributed by atoms with Crippen molar-refractivity contribution >= 4 is 18.3 Å². The average Bonchev–Trinajstić information content (AvgIpc) is 3.15. The van der Waals surface area contributed by atoms with Crippen molar-refractivity contribution in [1.29, 1.82) is 0 Å². The van der Waals surface area contributed by atoms with E-state index in [9.17, 15) is 4.79 Å². The van der Waals surface area contributed by atoms with E-state index >= 15 is 0 Å². The number of nitrogens with one attached hydrogen (secondary N) is 1. The van der Waals surface area contributed by atoms with Crippen molar-refractivity contribution in [1.82, 2.24) is 5.32 Å². The Labute approximate surface area is 179 Å². The van der Waals surface area contributed by atoms with Gasteiger partial charge in [0.15, 0.2) is 11.5 Å². The van der Waals surface area contributed by atoms with Crippen LogP contribution in [0.4, 0.5) is 0 Å². The lowest BCUT2D eigenvalue weighted by Gasteiger charge is -2.23. The summed E-state index contributed by atoms with van der Waals surface area (Å²) >= 11 is 0. The molecule has 1 aliphatic rings. The highest BCUT2D eigenvalue weighted by atomic mass is 35.5. The van der Waals surface area contributed by atoms with Crippen LogP contribution in [0.15, 0.2) is 42.5 Å². The van der Waals surface area contributed by atoms with Crippen LogP contribution in [0, 0.1) is 12.8 Å². The van der Waals surface area contributed by atoms with Crippen LogP contribution in [0.3, 0.4) is 0 Å². The van der Waals surface area contributed by atoms with E-state index in [2.05, 4.69) is 24.4 Å². The molecule has 6 heteroatoms. The molecular formula is C23H31ClN2O3. The Kier molecular flexibility index (Phi) is 8.35. The monoisotopic (exact) mass is 418 g/mol. The van der Waals surface area contributed by atoms with Gasteiger partial charge in [-0.25, -0.2) is 0 Å². The maximum absolute atomic E-state index is 12.9. The number of halogens is 1. The number of benzene rings is 2. The van der Waals surface area contributed by atoms with Crippen molar-refractivity contribution in [2.24, 2.45) is 11.7 Å². The first kappa shape index (κ1) is 23.0. The van der Waals surface area contributed by atoms with E-state index in [4.69, 9.17) is 15.2 Å². The summed E-state index contributed by atoms with van der Waals surface area (Å²) in [6, 6.07) is 14.1. The second-order valence-electron chi connectivity index (χ2n) is 7.58. The number of ether oxygens (including phenoxy) is 2. The molecule has 1 aliphatic carbocycles. The van der Waals surface area contributed by atoms with Crippen LogP contribution < -0.4 is 20.5 Å². The largest absolute Gasteiger partial charge is 0.493 e. The zero-order chi connectivity index (χ0) is 20.1. The molecule has 2 aromatic rings. The van der Waals surface area contributed by atoms with Crippen LogP contribution >= 0.6 is 12.4 Å². The normalized spacial score (nSPS) is 19.2. The molecule has 2 aromatic carbocycles.